The zero-order valence-electron chi connectivity index (χ0n) is 12.2. The number of furan rings is 1. The van der Waals surface area contributed by atoms with Crippen LogP contribution in [0.25, 0.3) is 0 Å². The van der Waals surface area contributed by atoms with Crippen LogP contribution in [-0.2, 0) is 20.7 Å². The predicted molar refractivity (Wildman–Crippen MR) is 75.3 cm³/mol. The second-order valence-corrected chi connectivity index (χ2v) is 6.05. The van der Waals surface area contributed by atoms with Gasteiger partial charge in [-0.15, -0.1) is 0 Å². The fourth-order valence-corrected chi connectivity index (χ4v) is 3.92. The number of hydrogen-bond donors (Lipinski definition) is 1. The Morgan fingerprint density at radius 2 is 2.19 bits per heavy atom. The summed E-state index contributed by atoms with van der Waals surface area (Å²) in [5.74, 6) is 1.24. The molecular formula is C16H21NO4. The van der Waals surface area contributed by atoms with E-state index in [0.717, 1.165) is 25.0 Å². The molecule has 0 unspecified atom stereocenters. The highest BCUT2D eigenvalue weighted by atomic mass is 16.5. The SMILES string of the molecule is COC(=O)[C@H]1[C@H]2CC[C@@H](C2)[C@@H]1NC(=O)CCc1ccco1. The molecule has 0 spiro atoms. The topological polar surface area (TPSA) is 68.5 Å². The Morgan fingerprint density at radius 3 is 2.90 bits per heavy atom. The maximum atomic E-state index is 12.1. The van der Waals surface area contributed by atoms with Gasteiger partial charge in [0.25, 0.3) is 0 Å². The fraction of sp³-hybridized carbons (Fsp3) is 0.625. The molecule has 2 fully saturated rings. The second-order valence-electron chi connectivity index (χ2n) is 6.05. The molecule has 1 amide bonds. The van der Waals surface area contributed by atoms with Gasteiger partial charge in [-0.25, -0.2) is 0 Å². The first-order valence-electron chi connectivity index (χ1n) is 7.58. The van der Waals surface area contributed by atoms with Crippen LogP contribution in [0.1, 0.15) is 31.4 Å². The molecule has 0 saturated heterocycles. The molecule has 2 saturated carbocycles. The van der Waals surface area contributed by atoms with Crippen molar-refractivity contribution in [2.24, 2.45) is 17.8 Å². The molecular weight excluding hydrogens is 270 g/mol. The number of fused-ring (bicyclic) bond motifs is 2. The highest BCUT2D eigenvalue weighted by molar-refractivity contribution is 5.79. The standard InChI is InChI=1S/C16H21NO4/c1-20-16(19)14-10-4-5-11(9-10)15(14)17-13(18)7-6-12-3-2-8-21-12/h2-3,8,10-11,14-15H,4-7,9H2,1H3,(H,17,18)/t10-,11-,14-,15-/m0/s1. The van der Waals surface area contributed by atoms with E-state index >= 15 is 0 Å². The van der Waals surface area contributed by atoms with E-state index in [9.17, 15) is 9.59 Å². The van der Waals surface area contributed by atoms with E-state index in [1.807, 2.05) is 12.1 Å². The minimum atomic E-state index is -0.182. The minimum Gasteiger partial charge on any atom is -0.469 e. The first-order valence-corrected chi connectivity index (χ1v) is 7.58. The smallest absolute Gasteiger partial charge is 0.311 e. The minimum absolute atomic E-state index is 0.0159. The van der Waals surface area contributed by atoms with E-state index in [4.69, 9.17) is 9.15 Å². The van der Waals surface area contributed by atoms with Crippen LogP contribution in [-0.4, -0.2) is 25.0 Å². The number of carbonyl (C=O) groups is 2. The van der Waals surface area contributed by atoms with Crippen molar-refractivity contribution in [1.82, 2.24) is 5.32 Å². The summed E-state index contributed by atoms with van der Waals surface area (Å²) in [6, 6.07) is 3.62. The number of methoxy groups -OCH3 is 1. The van der Waals surface area contributed by atoms with Gasteiger partial charge in [-0.05, 0) is 43.2 Å². The zero-order chi connectivity index (χ0) is 14.8. The number of amides is 1. The summed E-state index contributed by atoms with van der Waals surface area (Å²) in [6.07, 6.45) is 5.78. The number of aryl methyl sites for hydroxylation is 1. The van der Waals surface area contributed by atoms with Crippen LogP contribution in [0.5, 0.6) is 0 Å². The lowest BCUT2D eigenvalue weighted by Gasteiger charge is -2.29. The molecule has 114 valence electrons. The molecule has 2 aliphatic carbocycles. The molecule has 21 heavy (non-hydrogen) atoms. The summed E-state index contributed by atoms with van der Waals surface area (Å²) >= 11 is 0. The molecule has 1 aromatic heterocycles. The Balaban J connectivity index is 1.57. The third kappa shape index (κ3) is 2.82. The Bertz CT molecular complexity index is 510. The van der Waals surface area contributed by atoms with Gasteiger partial charge in [-0.2, -0.15) is 0 Å². The first kappa shape index (κ1) is 14.2. The average Bonchev–Trinajstić information content (AvgIpc) is 3.21. The van der Waals surface area contributed by atoms with Crippen LogP contribution in [0.3, 0.4) is 0 Å². The van der Waals surface area contributed by atoms with Crippen molar-refractivity contribution in [3.05, 3.63) is 24.2 Å². The van der Waals surface area contributed by atoms with Crippen LogP contribution in [0, 0.1) is 17.8 Å². The van der Waals surface area contributed by atoms with Gasteiger partial charge in [-0.1, -0.05) is 0 Å². The largest absolute Gasteiger partial charge is 0.469 e. The highest BCUT2D eigenvalue weighted by Crippen LogP contribution is 2.48. The highest BCUT2D eigenvalue weighted by Gasteiger charge is 2.51. The summed E-state index contributed by atoms with van der Waals surface area (Å²) in [7, 11) is 1.42. The second kappa shape index (κ2) is 5.92. The Hall–Kier alpha value is -1.78. The zero-order valence-corrected chi connectivity index (χ0v) is 12.2. The maximum absolute atomic E-state index is 12.1. The van der Waals surface area contributed by atoms with Crippen molar-refractivity contribution in [1.29, 1.82) is 0 Å². The number of ether oxygens (including phenoxy) is 1. The van der Waals surface area contributed by atoms with Crippen molar-refractivity contribution >= 4 is 11.9 Å². The number of hydrogen-bond acceptors (Lipinski definition) is 4. The maximum Gasteiger partial charge on any atom is 0.311 e. The summed E-state index contributed by atoms with van der Waals surface area (Å²) in [6.45, 7) is 0. The van der Waals surface area contributed by atoms with Gasteiger partial charge in [0.2, 0.25) is 5.91 Å². The van der Waals surface area contributed by atoms with E-state index in [2.05, 4.69) is 5.32 Å². The molecule has 1 aromatic rings. The molecule has 2 bridgehead atoms. The molecule has 0 aromatic carbocycles. The van der Waals surface area contributed by atoms with Gasteiger partial charge < -0.3 is 14.5 Å². The third-order valence-corrected chi connectivity index (χ3v) is 4.90. The monoisotopic (exact) mass is 291 g/mol. The summed E-state index contributed by atoms with van der Waals surface area (Å²) in [5.41, 5.74) is 0. The molecule has 1 N–H and O–H groups in total. The first-order chi connectivity index (χ1) is 10.2. The van der Waals surface area contributed by atoms with Crippen molar-refractivity contribution in [3.8, 4) is 0 Å². The van der Waals surface area contributed by atoms with Gasteiger partial charge >= 0.3 is 5.97 Å². The molecule has 2 aliphatic rings. The lowest BCUT2D eigenvalue weighted by Crippen LogP contribution is -2.47. The molecule has 4 atom stereocenters. The van der Waals surface area contributed by atoms with Crippen molar-refractivity contribution in [3.63, 3.8) is 0 Å². The Labute approximate surface area is 124 Å². The summed E-state index contributed by atoms with van der Waals surface area (Å²) < 4.78 is 10.1. The van der Waals surface area contributed by atoms with Crippen molar-refractivity contribution in [2.45, 2.75) is 38.1 Å². The molecule has 5 nitrogen and oxygen atoms in total. The lowest BCUT2D eigenvalue weighted by molar-refractivity contribution is -0.148. The Morgan fingerprint density at radius 1 is 1.38 bits per heavy atom. The van der Waals surface area contributed by atoms with Gasteiger partial charge in [0.05, 0.1) is 19.3 Å². The van der Waals surface area contributed by atoms with E-state index < -0.39 is 0 Å². The van der Waals surface area contributed by atoms with Gasteiger partial charge in [-0.3, -0.25) is 9.59 Å². The molecule has 5 heteroatoms. The van der Waals surface area contributed by atoms with Crippen LogP contribution >= 0.6 is 0 Å². The van der Waals surface area contributed by atoms with Crippen LogP contribution in [0.15, 0.2) is 22.8 Å². The van der Waals surface area contributed by atoms with Gasteiger partial charge in [0.15, 0.2) is 0 Å². The van der Waals surface area contributed by atoms with Gasteiger partial charge in [0, 0.05) is 18.9 Å². The van der Waals surface area contributed by atoms with Crippen molar-refractivity contribution in [2.75, 3.05) is 7.11 Å². The fourth-order valence-electron chi connectivity index (χ4n) is 3.92. The predicted octanol–water partition coefficient (Wildman–Crippen LogP) is 1.92. The van der Waals surface area contributed by atoms with Gasteiger partial charge in [0.1, 0.15) is 5.76 Å². The quantitative estimate of drug-likeness (QED) is 0.842. The molecule has 3 rings (SSSR count). The molecule has 0 aliphatic heterocycles. The number of rotatable bonds is 5. The summed E-state index contributed by atoms with van der Waals surface area (Å²) in [5, 5.41) is 3.06. The molecule has 0 radical (unpaired) electrons. The lowest BCUT2D eigenvalue weighted by atomic mass is 9.84. The van der Waals surface area contributed by atoms with E-state index in [1.165, 1.54) is 7.11 Å². The van der Waals surface area contributed by atoms with E-state index in [1.54, 1.807) is 6.26 Å². The third-order valence-electron chi connectivity index (χ3n) is 4.90. The molecule has 1 heterocycles. The van der Waals surface area contributed by atoms with Crippen LogP contribution < -0.4 is 5.32 Å². The normalized spacial score (nSPS) is 30.3. The number of nitrogens with one attached hydrogen (secondary N) is 1. The number of carbonyl (C=O) groups excluding carboxylic acids is 2. The number of esters is 1. The van der Waals surface area contributed by atoms with Crippen molar-refractivity contribution < 1.29 is 18.7 Å². The Kier molecular flexibility index (Phi) is 3.99. The van der Waals surface area contributed by atoms with E-state index in [0.29, 0.717) is 24.7 Å². The van der Waals surface area contributed by atoms with Crippen LogP contribution in [0.4, 0.5) is 0 Å². The average molecular weight is 291 g/mol. The van der Waals surface area contributed by atoms with E-state index in [-0.39, 0.29) is 23.8 Å². The van der Waals surface area contributed by atoms with Crippen LogP contribution in [0.2, 0.25) is 0 Å². The summed E-state index contributed by atoms with van der Waals surface area (Å²) in [4.78, 5) is 24.1.